The van der Waals surface area contributed by atoms with E-state index in [9.17, 15) is 0 Å². The molecule has 1 heteroatoms. The van der Waals surface area contributed by atoms with E-state index < -0.39 is 0 Å². The van der Waals surface area contributed by atoms with E-state index in [0.717, 1.165) is 34.5 Å². The maximum absolute atomic E-state index is 2.67. The molecule has 2 aromatic carbocycles. The van der Waals surface area contributed by atoms with Crippen molar-refractivity contribution in [1.82, 2.24) is 0 Å². The second kappa shape index (κ2) is 5.47. The van der Waals surface area contributed by atoms with Crippen LogP contribution < -0.4 is 0 Å². The highest BCUT2D eigenvalue weighted by atomic mass is 127. The predicted octanol–water partition coefficient (Wildman–Crippen LogP) is 5.68. The third kappa shape index (κ3) is 2.31. The van der Waals surface area contributed by atoms with Crippen LogP contribution >= 0.6 is 22.6 Å². The van der Waals surface area contributed by atoms with Crippen LogP contribution in [0.5, 0.6) is 0 Å². The minimum Gasteiger partial charge on any atom is -0.0823 e. The molecule has 0 amide bonds. The van der Waals surface area contributed by atoms with Crippen LogP contribution in [0.25, 0.3) is 5.57 Å². The first kappa shape index (κ1) is 14.3. The van der Waals surface area contributed by atoms with Gasteiger partial charge in [0, 0.05) is 3.92 Å². The Kier molecular flexibility index (Phi) is 3.40. The quantitative estimate of drug-likeness (QED) is 0.418. The fourth-order valence-corrected chi connectivity index (χ4v) is 6.64. The van der Waals surface area contributed by atoms with Crippen molar-refractivity contribution >= 4 is 28.2 Å². The number of halogens is 1. The molecular formula is C22H21I. The normalized spacial score (nSPS) is 32.8. The van der Waals surface area contributed by atoms with Gasteiger partial charge in [-0.1, -0.05) is 77.2 Å². The molecule has 0 aromatic heterocycles. The van der Waals surface area contributed by atoms with Crippen LogP contribution in [-0.4, -0.2) is 3.92 Å². The van der Waals surface area contributed by atoms with Gasteiger partial charge in [-0.25, -0.2) is 0 Å². The zero-order valence-electron chi connectivity index (χ0n) is 13.2. The minimum atomic E-state index is 0.823. The standard InChI is InChI=1S/C22H21I/c23-21-13-19-12-18(22(19)21)11-17-10-15-6-2-1-5-14(15)9-16-7-3-4-8-20(16)17/h1-8,11,18-19,21-22H,9-10,12-13H2/b17-11-. The number of alkyl halides is 1. The number of fused-ring (bicyclic) bond motifs is 3. The summed E-state index contributed by atoms with van der Waals surface area (Å²) in [4.78, 5) is 0. The Morgan fingerprint density at radius 1 is 0.826 bits per heavy atom. The molecule has 0 nitrogen and oxygen atoms in total. The van der Waals surface area contributed by atoms with Gasteiger partial charge >= 0.3 is 0 Å². The average Bonchev–Trinajstić information content (AvgIpc) is 2.69. The third-order valence-electron chi connectivity index (χ3n) is 6.22. The van der Waals surface area contributed by atoms with Crippen molar-refractivity contribution in [2.45, 2.75) is 29.6 Å². The van der Waals surface area contributed by atoms with Crippen molar-refractivity contribution in [3.05, 3.63) is 76.9 Å². The van der Waals surface area contributed by atoms with Crippen LogP contribution in [0.2, 0.25) is 0 Å². The van der Waals surface area contributed by atoms with Gasteiger partial charge in [-0.3, -0.25) is 0 Å². The minimum absolute atomic E-state index is 0.823. The second-order valence-corrected chi connectivity index (χ2v) is 9.06. The highest BCUT2D eigenvalue weighted by molar-refractivity contribution is 14.1. The summed E-state index contributed by atoms with van der Waals surface area (Å²) >= 11 is 2.67. The molecule has 0 bridgehead atoms. The Hall–Kier alpha value is -1.09. The fourth-order valence-electron chi connectivity index (χ4n) is 4.87. The average molecular weight is 412 g/mol. The van der Waals surface area contributed by atoms with Gasteiger partial charge < -0.3 is 0 Å². The molecule has 116 valence electrons. The van der Waals surface area contributed by atoms with Crippen molar-refractivity contribution < 1.29 is 0 Å². The maximum atomic E-state index is 2.67. The smallest absolute Gasteiger partial charge is 0.0149 e. The van der Waals surface area contributed by atoms with Crippen molar-refractivity contribution in [3.63, 3.8) is 0 Å². The summed E-state index contributed by atoms with van der Waals surface area (Å²) in [6.45, 7) is 0. The Balaban J connectivity index is 1.57. The Bertz CT molecular complexity index is 784. The number of benzene rings is 2. The highest BCUT2D eigenvalue weighted by Gasteiger charge is 2.51. The Labute approximate surface area is 152 Å². The van der Waals surface area contributed by atoms with Crippen LogP contribution in [0, 0.1) is 17.8 Å². The third-order valence-corrected chi connectivity index (χ3v) is 7.56. The summed E-state index contributed by atoms with van der Waals surface area (Å²) in [5.41, 5.74) is 7.59. The van der Waals surface area contributed by atoms with Gasteiger partial charge in [-0.15, -0.1) is 0 Å². The molecule has 3 aliphatic rings. The first-order valence-electron chi connectivity index (χ1n) is 8.79. The Morgan fingerprint density at radius 2 is 1.52 bits per heavy atom. The van der Waals surface area contributed by atoms with Gasteiger partial charge in [0.2, 0.25) is 0 Å². The lowest BCUT2D eigenvalue weighted by Gasteiger charge is -2.56. The topological polar surface area (TPSA) is 0 Å². The van der Waals surface area contributed by atoms with Gasteiger partial charge in [-0.2, -0.15) is 0 Å². The van der Waals surface area contributed by atoms with Crippen LogP contribution in [0.3, 0.4) is 0 Å². The molecule has 0 spiro atoms. The summed E-state index contributed by atoms with van der Waals surface area (Å²) in [5, 5.41) is 0. The van der Waals surface area contributed by atoms with Crippen LogP contribution in [0.15, 0.2) is 54.6 Å². The largest absolute Gasteiger partial charge is 0.0823 e. The number of hydrogen-bond donors (Lipinski definition) is 0. The van der Waals surface area contributed by atoms with Gasteiger partial charge in [0.05, 0.1) is 0 Å². The molecule has 2 fully saturated rings. The molecule has 0 radical (unpaired) electrons. The van der Waals surface area contributed by atoms with Crippen molar-refractivity contribution in [1.29, 1.82) is 0 Å². The van der Waals surface area contributed by atoms with Crippen LogP contribution in [0.1, 0.15) is 35.1 Å². The molecule has 4 unspecified atom stereocenters. The summed E-state index contributed by atoms with van der Waals surface area (Å²) in [6, 6.07) is 18.1. The number of rotatable bonds is 1. The molecule has 2 saturated carbocycles. The first-order chi connectivity index (χ1) is 11.3. The van der Waals surface area contributed by atoms with E-state index in [4.69, 9.17) is 0 Å². The van der Waals surface area contributed by atoms with Gasteiger partial charge in [0.15, 0.2) is 0 Å². The van der Waals surface area contributed by atoms with E-state index >= 15 is 0 Å². The number of hydrogen-bond acceptors (Lipinski definition) is 0. The van der Waals surface area contributed by atoms with Gasteiger partial charge in [-0.05, 0) is 71.3 Å². The van der Waals surface area contributed by atoms with E-state index in [0.29, 0.717) is 0 Å². The lowest BCUT2D eigenvalue weighted by atomic mass is 9.53. The van der Waals surface area contributed by atoms with Crippen LogP contribution in [-0.2, 0) is 12.8 Å². The SMILES string of the molecule is IC1CC2CC(/C=C3/Cc4ccccc4Cc4ccccc43)C12. The summed E-state index contributed by atoms with van der Waals surface area (Å²) in [6.07, 6.45) is 7.72. The first-order valence-corrected chi connectivity index (χ1v) is 10.0. The van der Waals surface area contributed by atoms with E-state index in [1.807, 2.05) is 0 Å². The van der Waals surface area contributed by atoms with Crippen molar-refractivity contribution in [2.24, 2.45) is 17.8 Å². The summed E-state index contributed by atoms with van der Waals surface area (Å²) in [5.74, 6) is 2.82. The molecule has 3 aliphatic carbocycles. The monoisotopic (exact) mass is 412 g/mol. The van der Waals surface area contributed by atoms with E-state index in [1.165, 1.54) is 35.1 Å². The molecular weight excluding hydrogens is 391 g/mol. The predicted molar refractivity (Wildman–Crippen MR) is 105 cm³/mol. The lowest BCUT2D eigenvalue weighted by Crippen LogP contribution is -2.51. The Morgan fingerprint density at radius 3 is 2.26 bits per heavy atom. The van der Waals surface area contributed by atoms with E-state index in [2.05, 4.69) is 77.2 Å². The molecule has 0 aliphatic heterocycles. The van der Waals surface area contributed by atoms with Crippen molar-refractivity contribution in [2.75, 3.05) is 0 Å². The molecule has 0 saturated heterocycles. The van der Waals surface area contributed by atoms with Crippen LogP contribution in [0.4, 0.5) is 0 Å². The van der Waals surface area contributed by atoms with Gasteiger partial charge in [0.1, 0.15) is 0 Å². The van der Waals surface area contributed by atoms with E-state index in [-0.39, 0.29) is 0 Å². The molecule has 0 heterocycles. The number of allylic oxidation sites excluding steroid dienone is 2. The van der Waals surface area contributed by atoms with Gasteiger partial charge in [0.25, 0.3) is 0 Å². The summed E-state index contributed by atoms with van der Waals surface area (Å²) in [7, 11) is 0. The molecule has 4 atom stereocenters. The molecule has 2 aromatic rings. The zero-order chi connectivity index (χ0) is 15.4. The van der Waals surface area contributed by atoms with Crippen molar-refractivity contribution in [3.8, 4) is 0 Å². The highest BCUT2D eigenvalue weighted by Crippen LogP contribution is 2.58. The molecule has 0 N–H and O–H groups in total. The van der Waals surface area contributed by atoms with E-state index in [1.54, 1.807) is 5.57 Å². The zero-order valence-corrected chi connectivity index (χ0v) is 15.4. The molecule has 5 rings (SSSR count). The molecule has 23 heavy (non-hydrogen) atoms. The lowest BCUT2D eigenvalue weighted by molar-refractivity contribution is 0.0192. The maximum Gasteiger partial charge on any atom is 0.0149 e. The fraction of sp³-hybridized carbons (Fsp3) is 0.364. The second-order valence-electron chi connectivity index (χ2n) is 7.46. The summed E-state index contributed by atoms with van der Waals surface area (Å²) < 4.78 is 0.918.